The molecule has 4 heteroatoms. The lowest BCUT2D eigenvalue weighted by molar-refractivity contribution is 0.552. The molecule has 2 aromatic rings. The Morgan fingerprint density at radius 2 is 2.10 bits per heavy atom. The molecule has 0 fully saturated rings. The molecule has 1 aliphatic heterocycles. The van der Waals surface area contributed by atoms with Gasteiger partial charge in [-0.25, -0.2) is 9.37 Å². The van der Waals surface area contributed by atoms with Gasteiger partial charge in [-0.1, -0.05) is 19.9 Å². The monoisotopic (exact) mass is 267 g/mol. The Hall–Kier alpha value is -2.41. The van der Waals surface area contributed by atoms with Crippen molar-refractivity contribution in [3.05, 3.63) is 53.6 Å². The lowest BCUT2D eigenvalue weighted by atomic mass is 9.91. The highest BCUT2D eigenvalue weighted by Gasteiger charge is 2.37. The Balaban J connectivity index is 2.13. The van der Waals surface area contributed by atoms with E-state index in [0.29, 0.717) is 12.2 Å². The Morgan fingerprint density at radius 1 is 1.30 bits per heavy atom. The van der Waals surface area contributed by atoms with Gasteiger partial charge in [0.05, 0.1) is 11.4 Å². The summed E-state index contributed by atoms with van der Waals surface area (Å²) in [5.41, 5.74) is 2.88. The molecule has 0 saturated heterocycles. The fraction of sp³-hybridized carbons (Fsp3) is 0.250. The summed E-state index contributed by atoms with van der Waals surface area (Å²) in [6, 6.07) is 12.2. The molecule has 0 radical (unpaired) electrons. The first-order valence-corrected chi connectivity index (χ1v) is 6.46. The first-order chi connectivity index (χ1) is 9.51. The minimum Gasteiger partial charge on any atom is -0.339 e. The molecule has 3 rings (SSSR count). The van der Waals surface area contributed by atoms with Crippen LogP contribution in [0.4, 0.5) is 15.8 Å². The van der Waals surface area contributed by atoms with Gasteiger partial charge in [0.1, 0.15) is 17.6 Å². The molecule has 20 heavy (non-hydrogen) atoms. The highest BCUT2D eigenvalue weighted by atomic mass is 19.1. The summed E-state index contributed by atoms with van der Waals surface area (Å²) < 4.78 is 13.4. The maximum atomic E-state index is 13.4. The Bertz CT molecular complexity index is 716. The molecule has 0 unspecified atom stereocenters. The third-order valence-electron chi connectivity index (χ3n) is 3.59. The summed E-state index contributed by atoms with van der Waals surface area (Å²) in [6.07, 6.45) is 0. The smallest absolute Gasteiger partial charge is 0.140 e. The topological polar surface area (TPSA) is 39.9 Å². The zero-order valence-electron chi connectivity index (χ0n) is 11.4. The second-order valence-corrected chi connectivity index (χ2v) is 5.63. The quantitative estimate of drug-likeness (QED) is 0.793. The summed E-state index contributed by atoms with van der Waals surface area (Å²) >= 11 is 0. The number of halogens is 1. The number of nitriles is 1. The molecule has 0 aliphatic carbocycles. The number of nitrogens with zero attached hydrogens (tertiary/aromatic N) is 3. The van der Waals surface area contributed by atoms with E-state index in [4.69, 9.17) is 5.26 Å². The number of anilines is 2. The number of pyridine rings is 1. The second-order valence-electron chi connectivity index (χ2n) is 5.63. The molecule has 0 saturated carbocycles. The number of rotatable bonds is 1. The number of hydrogen-bond acceptors (Lipinski definition) is 3. The van der Waals surface area contributed by atoms with E-state index in [1.807, 2.05) is 17.0 Å². The van der Waals surface area contributed by atoms with Gasteiger partial charge in [0.2, 0.25) is 0 Å². The van der Waals surface area contributed by atoms with Crippen molar-refractivity contribution in [3.8, 4) is 6.07 Å². The first-order valence-electron chi connectivity index (χ1n) is 6.46. The SMILES string of the molecule is CC1(C)CN(c2cccc(F)c2)c2ccc(C#N)nc21. The zero-order chi connectivity index (χ0) is 14.3. The van der Waals surface area contributed by atoms with Crippen molar-refractivity contribution in [2.75, 3.05) is 11.4 Å². The van der Waals surface area contributed by atoms with E-state index < -0.39 is 0 Å². The molecule has 2 heterocycles. The molecule has 0 spiro atoms. The summed E-state index contributed by atoms with van der Waals surface area (Å²) in [7, 11) is 0. The summed E-state index contributed by atoms with van der Waals surface area (Å²) in [4.78, 5) is 6.47. The van der Waals surface area contributed by atoms with Crippen LogP contribution in [0.5, 0.6) is 0 Å². The van der Waals surface area contributed by atoms with Crippen molar-refractivity contribution < 1.29 is 4.39 Å². The maximum Gasteiger partial charge on any atom is 0.140 e. The molecule has 100 valence electrons. The highest BCUT2D eigenvalue weighted by molar-refractivity contribution is 5.71. The van der Waals surface area contributed by atoms with Crippen molar-refractivity contribution in [3.63, 3.8) is 0 Å². The van der Waals surface area contributed by atoms with Gasteiger partial charge in [-0.15, -0.1) is 0 Å². The van der Waals surface area contributed by atoms with Crippen LogP contribution in [-0.2, 0) is 5.41 Å². The third kappa shape index (κ3) is 1.92. The molecule has 3 nitrogen and oxygen atoms in total. The highest BCUT2D eigenvalue weighted by Crippen LogP contribution is 2.43. The van der Waals surface area contributed by atoms with Crippen LogP contribution in [0.25, 0.3) is 0 Å². The standard InChI is InChI=1S/C16H14FN3/c1-16(2)10-20(13-5-3-4-11(17)8-13)14-7-6-12(9-18)19-15(14)16/h3-8H,10H2,1-2H3. The number of fused-ring (bicyclic) bond motifs is 1. The zero-order valence-corrected chi connectivity index (χ0v) is 11.4. The van der Waals surface area contributed by atoms with Crippen molar-refractivity contribution in [1.82, 2.24) is 4.98 Å². The number of hydrogen-bond donors (Lipinski definition) is 0. The van der Waals surface area contributed by atoms with Crippen LogP contribution in [0.2, 0.25) is 0 Å². The lowest BCUT2D eigenvalue weighted by Crippen LogP contribution is -2.25. The van der Waals surface area contributed by atoms with Crippen molar-refractivity contribution in [2.45, 2.75) is 19.3 Å². The first kappa shape index (κ1) is 12.6. The number of benzene rings is 1. The van der Waals surface area contributed by atoms with Crippen LogP contribution >= 0.6 is 0 Å². The fourth-order valence-electron chi connectivity index (χ4n) is 2.66. The van der Waals surface area contributed by atoms with E-state index in [0.717, 1.165) is 17.1 Å². The van der Waals surface area contributed by atoms with Gasteiger partial charge in [-0.05, 0) is 30.3 Å². The molecule has 0 bridgehead atoms. The van der Waals surface area contributed by atoms with Crippen molar-refractivity contribution in [2.24, 2.45) is 0 Å². The van der Waals surface area contributed by atoms with Gasteiger partial charge < -0.3 is 4.90 Å². The Labute approximate surface area is 117 Å². The van der Waals surface area contributed by atoms with Crippen LogP contribution in [0.15, 0.2) is 36.4 Å². The summed E-state index contributed by atoms with van der Waals surface area (Å²) in [6.45, 7) is 4.88. The van der Waals surface area contributed by atoms with Gasteiger partial charge >= 0.3 is 0 Å². The van der Waals surface area contributed by atoms with Gasteiger partial charge in [0, 0.05) is 17.6 Å². The van der Waals surface area contributed by atoms with E-state index in [1.165, 1.54) is 12.1 Å². The molecule has 0 N–H and O–H groups in total. The van der Waals surface area contributed by atoms with Crippen LogP contribution in [-0.4, -0.2) is 11.5 Å². The Morgan fingerprint density at radius 3 is 2.80 bits per heavy atom. The van der Waals surface area contributed by atoms with E-state index in [2.05, 4.69) is 24.9 Å². The molecule has 1 aromatic carbocycles. The molecular weight excluding hydrogens is 253 g/mol. The van der Waals surface area contributed by atoms with E-state index in [9.17, 15) is 4.39 Å². The van der Waals surface area contributed by atoms with Crippen LogP contribution in [0.3, 0.4) is 0 Å². The van der Waals surface area contributed by atoms with Gasteiger partial charge in [0.15, 0.2) is 0 Å². The minimum atomic E-state index is -0.254. The van der Waals surface area contributed by atoms with Crippen LogP contribution in [0, 0.1) is 17.1 Å². The van der Waals surface area contributed by atoms with E-state index in [-0.39, 0.29) is 11.2 Å². The minimum absolute atomic E-state index is 0.172. The normalized spacial score (nSPS) is 15.8. The molecule has 1 aromatic heterocycles. The predicted octanol–water partition coefficient (Wildman–Crippen LogP) is 3.52. The summed E-state index contributed by atoms with van der Waals surface area (Å²) in [5, 5.41) is 8.98. The van der Waals surface area contributed by atoms with Gasteiger partial charge in [0.25, 0.3) is 0 Å². The van der Waals surface area contributed by atoms with E-state index >= 15 is 0 Å². The average Bonchev–Trinajstić information content (AvgIpc) is 2.70. The molecule has 0 amide bonds. The third-order valence-corrected chi connectivity index (χ3v) is 3.59. The van der Waals surface area contributed by atoms with Crippen molar-refractivity contribution >= 4 is 11.4 Å². The van der Waals surface area contributed by atoms with Gasteiger partial charge in [-0.3, -0.25) is 0 Å². The predicted molar refractivity (Wildman–Crippen MR) is 75.4 cm³/mol. The van der Waals surface area contributed by atoms with Crippen LogP contribution in [0.1, 0.15) is 25.2 Å². The summed E-state index contributed by atoms with van der Waals surface area (Å²) in [5.74, 6) is -0.254. The second kappa shape index (κ2) is 4.31. The van der Waals surface area contributed by atoms with Crippen LogP contribution < -0.4 is 4.90 Å². The van der Waals surface area contributed by atoms with Gasteiger partial charge in [-0.2, -0.15) is 5.26 Å². The number of aromatic nitrogens is 1. The van der Waals surface area contributed by atoms with Crippen molar-refractivity contribution in [1.29, 1.82) is 5.26 Å². The molecule has 0 atom stereocenters. The lowest BCUT2D eigenvalue weighted by Gasteiger charge is -2.22. The Kier molecular flexibility index (Phi) is 2.72. The van der Waals surface area contributed by atoms with E-state index in [1.54, 1.807) is 12.1 Å². The fourth-order valence-corrected chi connectivity index (χ4v) is 2.66. The largest absolute Gasteiger partial charge is 0.339 e. The maximum absolute atomic E-state index is 13.4. The average molecular weight is 267 g/mol. The molecule has 1 aliphatic rings. The molecular formula is C16H14FN3.